The van der Waals surface area contributed by atoms with Crippen LogP contribution in [0, 0.1) is 0 Å². The first kappa shape index (κ1) is 25.5. The Kier molecular flexibility index (Phi) is 7.44. The summed E-state index contributed by atoms with van der Waals surface area (Å²) in [6, 6.07) is 21.0. The molecule has 1 atom stereocenters. The van der Waals surface area contributed by atoms with Crippen LogP contribution < -0.4 is 5.48 Å². The van der Waals surface area contributed by atoms with Crippen molar-refractivity contribution in [3.8, 4) is 0 Å². The van der Waals surface area contributed by atoms with E-state index in [0.29, 0.717) is 12.2 Å². The number of carbonyl (C=O) groups excluding carboxylic acids is 2. The molecule has 38 heavy (non-hydrogen) atoms. The molecule has 196 valence electrons. The quantitative estimate of drug-likeness (QED) is 0.177. The topological polar surface area (TPSA) is 93.6 Å². The number of carbonyl (C=O) groups is 2. The van der Waals surface area contributed by atoms with E-state index in [1.165, 1.54) is 28.1 Å². The number of fused-ring (bicyclic) bond motifs is 2. The molecule has 8 heteroatoms. The summed E-state index contributed by atoms with van der Waals surface area (Å²) < 4.78 is 2.30. The standard InChI is InChI=1S/C30H33N5O3/c1-33(2)30(37)26-12-10-24(31-26)20-35(18-17-34-16-15-22-5-3-4-6-27(22)34)28-13-9-23-19-21(7-11-25(23)28)8-14-29(36)32-38/h3-8,10-12,14-16,19,28,31,38H,9,13,17-18,20H2,1-2H3,(H,32,36). The summed E-state index contributed by atoms with van der Waals surface area (Å²) in [4.78, 5) is 31.2. The van der Waals surface area contributed by atoms with E-state index in [-0.39, 0.29) is 11.9 Å². The summed E-state index contributed by atoms with van der Waals surface area (Å²) in [5, 5.41) is 9.97. The Morgan fingerprint density at radius 2 is 1.97 bits per heavy atom. The molecule has 0 aliphatic heterocycles. The van der Waals surface area contributed by atoms with Crippen LogP contribution in [0.3, 0.4) is 0 Å². The number of nitrogens with one attached hydrogen (secondary N) is 2. The Bertz CT molecular complexity index is 1480. The van der Waals surface area contributed by atoms with Gasteiger partial charge >= 0.3 is 0 Å². The van der Waals surface area contributed by atoms with Crippen LogP contribution in [-0.4, -0.2) is 57.0 Å². The van der Waals surface area contributed by atoms with Gasteiger partial charge in [0.2, 0.25) is 0 Å². The van der Waals surface area contributed by atoms with Gasteiger partial charge in [-0.25, -0.2) is 5.48 Å². The number of hydroxylamine groups is 1. The van der Waals surface area contributed by atoms with E-state index in [1.807, 2.05) is 18.2 Å². The molecule has 8 nitrogen and oxygen atoms in total. The van der Waals surface area contributed by atoms with Crippen molar-refractivity contribution in [2.24, 2.45) is 0 Å². The number of rotatable bonds is 9. The van der Waals surface area contributed by atoms with Gasteiger partial charge in [-0.05, 0) is 65.3 Å². The monoisotopic (exact) mass is 511 g/mol. The maximum atomic E-state index is 12.4. The van der Waals surface area contributed by atoms with Crippen molar-refractivity contribution in [3.63, 3.8) is 0 Å². The van der Waals surface area contributed by atoms with E-state index < -0.39 is 5.91 Å². The Morgan fingerprint density at radius 1 is 1.13 bits per heavy atom. The van der Waals surface area contributed by atoms with Gasteiger partial charge in [-0.2, -0.15) is 0 Å². The third kappa shape index (κ3) is 5.41. The van der Waals surface area contributed by atoms with Crippen molar-refractivity contribution >= 4 is 28.8 Å². The molecule has 5 rings (SSSR count). The van der Waals surface area contributed by atoms with Gasteiger partial charge in [0.15, 0.2) is 0 Å². The fourth-order valence-electron chi connectivity index (χ4n) is 5.34. The number of H-pyrrole nitrogens is 1. The summed E-state index contributed by atoms with van der Waals surface area (Å²) in [5.41, 5.74) is 7.94. The number of benzene rings is 2. The van der Waals surface area contributed by atoms with Crippen LogP contribution >= 0.6 is 0 Å². The molecule has 0 radical (unpaired) electrons. The number of nitrogens with zero attached hydrogens (tertiary/aromatic N) is 3. The zero-order chi connectivity index (χ0) is 26.6. The predicted octanol–water partition coefficient (Wildman–Crippen LogP) is 4.38. The van der Waals surface area contributed by atoms with Crippen molar-refractivity contribution in [1.29, 1.82) is 0 Å². The van der Waals surface area contributed by atoms with Crippen molar-refractivity contribution in [2.75, 3.05) is 20.6 Å². The summed E-state index contributed by atoms with van der Waals surface area (Å²) in [6.45, 7) is 2.39. The molecular weight excluding hydrogens is 478 g/mol. The van der Waals surface area contributed by atoms with Crippen molar-refractivity contribution in [1.82, 2.24) is 24.8 Å². The lowest BCUT2D eigenvalue weighted by atomic mass is 10.0. The van der Waals surface area contributed by atoms with Gasteiger partial charge in [-0.1, -0.05) is 36.4 Å². The minimum absolute atomic E-state index is 0.0386. The average molecular weight is 512 g/mol. The highest BCUT2D eigenvalue weighted by atomic mass is 16.5. The Labute approximate surface area is 222 Å². The molecule has 0 bridgehead atoms. The molecular formula is C30H33N5O3. The SMILES string of the molecule is CN(C)C(=O)c1ccc(CN(CCn2ccc3ccccc32)C2CCc3cc(C=CC(=O)NO)ccc32)[nH]1. The molecule has 0 saturated carbocycles. The lowest BCUT2D eigenvalue weighted by Gasteiger charge is -2.30. The fraction of sp³-hybridized carbons (Fsp3) is 0.267. The lowest BCUT2D eigenvalue weighted by Crippen LogP contribution is -2.30. The molecule has 2 amide bonds. The lowest BCUT2D eigenvalue weighted by molar-refractivity contribution is -0.124. The van der Waals surface area contributed by atoms with Gasteiger partial charge in [-0.15, -0.1) is 0 Å². The first-order valence-electron chi connectivity index (χ1n) is 12.9. The molecule has 0 fully saturated rings. The normalized spacial score (nSPS) is 14.9. The van der Waals surface area contributed by atoms with Gasteiger partial charge in [0.1, 0.15) is 5.69 Å². The van der Waals surface area contributed by atoms with Crippen LogP contribution in [-0.2, 0) is 24.3 Å². The third-order valence-electron chi connectivity index (χ3n) is 7.26. The molecule has 3 N–H and O–H groups in total. The number of para-hydroxylation sites is 1. The average Bonchev–Trinajstić information content (AvgIpc) is 3.67. The van der Waals surface area contributed by atoms with Crippen LogP contribution in [0.25, 0.3) is 17.0 Å². The summed E-state index contributed by atoms with van der Waals surface area (Å²) in [6.07, 6.45) is 7.12. The van der Waals surface area contributed by atoms with Gasteiger partial charge < -0.3 is 14.5 Å². The molecule has 2 heterocycles. The van der Waals surface area contributed by atoms with E-state index in [4.69, 9.17) is 5.21 Å². The minimum atomic E-state index is -0.551. The highest BCUT2D eigenvalue weighted by Gasteiger charge is 2.28. The van der Waals surface area contributed by atoms with E-state index in [1.54, 1.807) is 30.6 Å². The number of aromatic nitrogens is 2. The van der Waals surface area contributed by atoms with Gasteiger partial charge in [-0.3, -0.25) is 19.7 Å². The number of aromatic amines is 1. The Morgan fingerprint density at radius 3 is 2.79 bits per heavy atom. The highest BCUT2D eigenvalue weighted by Crippen LogP contribution is 2.37. The fourth-order valence-corrected chi connectivity index (χ4v) is 5.34. The summed E-state index contributed by atoms with van der Waals surface area (Å²) in [7, 11) is 3.51. The van der Waals surface area contributed by atoms with E-state index in [0.717, 1.165) is 37.2 Å². The Balaban J connectivity index is 1.40. The molecule has 1 unspecified atom stereocenters. The minimum Gasteiger partial charge on any atom is -0.353 e. The van der Waals surface area contributed by atoms with E-state index in [2.05, 4.69) is 63.1 Å². The van der Waals surface area contributed by atoms with Crippen molar-refractivity contribution < 1.29 is 14.8 Å². The number of aryl methyl sites for hydroxylation is 1. The molecule has 0 spiro atoms. The zero-order valence-corrected chi connectivity index (χ0v) is 21.7. The third-order valence-corrected chi connectivity index (χ3v) is 7.26. The van der Waals surface area contributed by atoms with Crippen molar-refractivity contribution in [3.05, 3.63) is 101 Å². The van der Waals surface area contributed by atoms with Gasteiger partial charge in [0.05, 0.1) is 0 Å². The number of hydrogen-bond acceptors (Lipinski definition) is 4. The second-order valence-corrected chi connectivity index (χ2v) is 9.96. The summed E-state index contributed by atoms with van der Waals surface area (Å²) in [5.74, 6) is -0.589. The zero-order valence-electron chi connectivity index (χ0n) is 21.7. The van der Waals surface area contributed by atoms with Crippen LogP contribution in [0.5, 0.6) is 0 Å². The highest BCUT2D eigenvalue weighted by molar-refractivity contribution is 5.92. The second kappa shape index (κ2) is 11.1. The smallest absolute Gasteiger partial charge is 0.269 e. The van der Waals surface area contributed by atoms with Crippen LogP contribution in [0.1, 0.15) is 45.3 Å². The van der Waals surface area contributed by atoms with Crippen LogP contribution in [0.2, 0.25) is 0 Å². The summed E-state index contributed by atoms with van der Waals surface area (Å²) >= 11 is 0. The largest absolute Gasteiger partial charge is 0.353 e. The molecule has 0 saturated heterocycles. The number of amides is 2. The van der Waals surface area contributed by atoms with Crippen molar-refractivity contribution in [2.45, 2.75) is 32.0 Å². The van der Waals surface area contributed by atoms with Crippen LogP contribution in [0.15, 0.2) is 72.9 Å². The molecule has 2 aromatic carbocycles. The van der Waals surface area contributed by atoms with E-state index >= 15 is 0 Å². The van der Waals surface area contributed by atoms with Gasteiger partial charge in [0, 0.05) is 63.3 Å². The molecule has 1 aliphatic carbocycles. The molecule has 2 aromatic heterocycles. The first-order valence-corrected chi connectivity index (χ1v) is 12.9. The first-order chi connectivity index (χ1) is 18.4. The maximum Gasteiger partial charge on any atom is 0.269 e. The molecule has 4 aromatic rings. The Hall–Kier alpha value is -4.14. The second-order valence-electron chi connectivity index (χ2n) is 9.96. The van der Waals surface area contributed by atoms with Crippen LogP contribution in [0.4, 0.5) is 0 Å². The molecule has 1 aliphatic rings. The van der Waals surface area contributed by atoms with Gasteiger partial charge in [0.25, 0.3) is 11.8 Å². The van der Waals surface area contributed by atoms with E-state index in [9.17, 15) is 9.59 Å². The maximum absolute atomic E-state index is 12.4. The number of hydrogen-bond donors (Lipinski definition) is 3. The predicted molar refractivity (Wildman–Crippen MR) is 148 cm³/mol.